The molecule has 1 amide bonds. The van der Waals surface area contributed by atoms with Crippen molar-refractivity contribution in [2.75, 3.05) is 32.6 Å². The van der Waals surface area contributed by atoms with Crippen molar-refractivity contribution in [2.45, 2.75) is 6.18 Å². The third-order valence-corrected chi connectivity index (χ3v) is 2.26. The van der Waals surface area contributed by atoms with Crippen LogP contribution < -0.4 is 15.8 Å². The lowest BCUT2D eigenvalue weighted by Gasteiger charge is -2.12. The second kappa shape index (κ2) is 6.99. The molecule has 1 aromatic rings. The Morgan fingerprint density at radius 3 is 2.65 bits per heavy atom. The molecular formula is C12H15F3N2O3. The Balaban J connectivity index is 2.65. The summed E-state index contributed by atoms with van der Waals surface area (Å²) in [7, 11) is 1.50. The van der Waals surface area contributed by atoms with E-state index in [0.717, 1.165) is 0 Å². The van der Waals surface area contributed by atoms with Crippen LogP contribution in [-0.2, 0) is 4.74 Å². The zero-order valence-electron chi connectivity index (χ0n) is 10.8. The van der Waals surface area contributed by atoms with Crippen molar-refractivity contribution in [3.8, 4) is 5.75 Å². The zero-order chi connectivity index (χ0) is 15.2. The van der Waals surface area contributed by atoms with Gasteiger partial charge >= 0.3 is 6.18 Å². The number of halogens is 3. The highest BCUT2D eigenvalue weighted by Gasteiger charge is 2.28. The van der Waals surface area contributed by atoms with Crippen LogP contribution in [0.4, 0.5) is 18.9 Å². The van der Waals surface area contributed by atoms with Crippen molar-refractivity contribution >= 4 is 11.6 Å². The Hall–Kier alpha value is -1.96. The van der Waals surface area contributed by atoms with Crippen LogP contribution in [0.1, 0.15) is 10.4 Å². The molecule has 0 heterocycles. The fraction of sp³-hybridized carbons (Fsp3) is 0.417. The maximum atomic E-state index is 12.0. The first-order valence-corrected chi connectivity index (χ1v) is 5.69. The summed E-state index contributed by atoms with van der Waals surface area (Å²) in [5.74, 6) is -0.508. The average molecular weight is 292 g/mol. The highest BCUT2D eigenvalue weighted by molar-refractivity contribution is 5.95. The summed E-state index contributed by atoms with van der Waals surface area (Å²) in [4.78, 5) is 11.7. The molecule has 20 heavy (non-hydrogen) atoms. The van der Waals surface area contributed by atoms with Gasteiger partial charge in [0.2, 0.25) is 0 Å². The number of nitrogens with two attached hydrogens (primary N) is 1. The van der Waals surface area contributed by atoms with E-state index in [4.69, 9.17) is 10.5 Å². The Morgan fingerprint density at radius 2 is 2.10 bits per heavy atom. The van der Waals surface area contributed by atoms with Gasteiger partial charge in [-0.3, -0.25) is 4.79 Å². The number of nitrogen functional groups attached to an aromatic ring is 1. The molecule has 0 bridgehead atoms. The molecule has 0 aliphatic rings. The maximum Gasteiger partial charge on any atom is 0.422 e. The van der Waals surface area contributed by atoms with Gasteiger partial charge in [-0.05, 0) is 18.2 Å². The molecule has 112 valence electrons. The molecule has 0 saturated heterocycles. The molecule has 0 saturated carbocycles. The van der Waals surface area contributed by atoms with Gasteiger partial charge in [-0.15, -0.1) is 0 Å². The van der Waals surface area contributed by atoms with Crippen LogP contribution in [0.15, 0.2) is 18.2 Å². The fourth-order valence-corrected chi connectivity index (χ4v) is 1.35. The second-order valence-electron chi connectivity index (χ2n) is 3.91. The molecule has 3 N–H and O–H groups in total. The largest absolute Gasteiger partial charge is 0.482 e. The van der Waals surface area contributed by atoms with Gasteiger partial charge in [0.1, 0.15) is 5.75 Å². The summed E-state index contributed by atoms with van der Waals surface area (Å²) in [6.45, 7) is -0.758. The number of nitrogens with one attached hydrogen (secondary N) is 1. The van der Waals surface area contributed by atoms with Crippen LogP contribution in [0.5, 0.6) is 5.75 Å². The van der Waals surface area contributed by atoms with Crippen LogP contribution >= 0.6 is 0 Å². The van der Waals surface area contributed by atoms with E-state index in [0.29, 0.717) is 13.2 Å². The van der Waals surface area contributed by atoms with Crippen LogP contribution in [0.3, 0.4) is 0 Å². The lowest BCUT2D eigenvalue weighted by Crippen LogP contribution is -2.27. The summed E-state index contributed by atoms with van der Waals surface area (Å²) in [5.41, 5.74) is 5.75. The number of rotatable bonds is 6. The van der Waals surface area contributed by atoms with E-state index in [9.17, 15) is 18.0 Å². The number of carbonyl (C=O) groups is 1. The van der Waals surface area contributed by atoms with Crippen LogP contribution in [0.25, 0.3) is 0 Å². The van der Waals surface area contributed by atoms with Crippen LogP contribution in [0.2, 0.25) is 0 Å². The molecule has 0 aliphatic heterocycles. The van der Waals surface area contributed by atoms with Gasteiger partial charge in [-0.2, -0.15) is 13.2 Å². The summed E-state index contributed by atoms with van der Waals surface area (Å²) in [6, 6.07) is 3.82. The second-order valence-corrected chi connectivity index (χ2v) is 3.91. The van der Waals surface area contributed by atoms with E-state index in [1.54, 1.807) is 0 Å². The smallest absolute Gasteiger partial charge is 0.422 e. The highest BCUT2D eigenvalue weighted by atomic mass is 19.4. The van der Waals surface area contributed by atoms with Gasteiger partial charge < -0.3 is 20.5 Å². The number of methoxy groups -OCH3 is 1. The van der Waals surface area contributed by atoms with Gasteiger partial charge in [0.05, 0.1) is 12.3 Å². The number of anilines is 1. The number of hydrogen-bond donors (Lipinski definition) is 2. The molecule has 5 nitrogen and oxygen atoms in total. The number of hydrogen-bond acceptors (Lipinski definition) is 4. The number of ether oxygens (including phenoxy) is 2. The Labute approximate surface area is 113 Å². The number of amides is 1. The summed E-state index contributed by atoms with van der Waals surface area (Å²) in [6.07, 6.45) is -4.44. The van der Waals surface area contributed by atoms with E-state index in [1.807, 2.05) is 0 Å². The van der Waals surface area contributed by atoms with Gasteiger partial charge in [0.25, 0.3) is 5.91 Å². The quantitative estimate of drug-likeness (QED) is 0.617. The number of carbonyl (C=O) groups excluding carboxylic acids is 1. The standard InChI is InChI=1S/C12H15F3N2O3/c1-19-5-4-17-11(18)8-2-3-10(9(16)6-8)20-7-12(13,14)15/h2-3,6H,4-5,7,16H2,1H3,(H,17,18). The van der Waals surface area contributed by atoms with E-state index in [2.05, 4.69) is 10.1 Å². The zero-order valence-corrected chi connectivity index (χ0v) is 10.8. The van der Waals surface area contributed by atoms with Crippen molar-refractivity contribution < 1.29 is 27.4 Å². The summed E-state index contributed by atoms with van der Waals surface area (Å²) >= 11 is 0. The first kappa shape index (κ1) is 16.1. The molecule has 0 aliphatic carbocycles. The molecule has 1 rings (SSSR count). The minimum Gasteiger partial charge on any atom is -0.482 e. The molecule has 0 aromatic heterocycles. The minimum atomic E-state index is -4.44. The van der Waals surface area contributed by atoms with Crippen molar-refractivity contribution in [3.05, 3.63) is 23.8 Å². The van der Waals surface area contributed by atoms with Gasteiger partial charge in [0, 0.05) is 19.2 Å². The molecular weight excluding hydrogens is 277 g/mol. The first-order valence-electron chi connectivity index (χ1n) is 5.69. The Bertz CT molecular complexity index is 464. The van der Waals surface area contributed by atoms with Gasteiger partial charge in [-0.25, -0.2) is 0 Å². The van der Waals surface area contributed by atoms with Crippen molar-refractivity contribution in [2.24, 2.45) is 0 Å². The normalized spacial score (nSPS) is 11.2. The number of benzene rings is 1. The van der Waals surface area contributed by atoms with Gasteiger partial charge in [-0.1, -0.05) is 0 Å². The molecule has 1 aromatic carbocycles. The summed E-state index contributed by atoms with van der Waals surface area (Å²) < 4.78 is 45.3. The Morgan fingerprint density at radius 1 is 1.40 bits per heavy atom. The lowest BCUT2D eigenvalue weighted by molar-refractivity contribution is -0.153. The monoisotopic (exact) mass is 292 g/mol. The fourth-order valence-electron chi connectivity index (χ4n) is 1.35. The third-order valence-electron chi connectivity index (χ3n) is 2.26. The minimum absolute atomic E-state index is 0.0337. The molecule has 0 radical (unpaired) electrons. The molecule has 0 fully saturated rings. The topological polar surface area (TPSA) is 73.6 Å². The van der Waals surface area contributed by atoms with Crippen LogP contribution in [-0.4, -0.2) is 39.0 Å². The van der Waals surface area contributed by atoms with Crippen LogP contribution in [0, 0.1) is 0 Å². The average Bonchev–Trinajstić information content (AvgIpc) is 2.36. The first-order chi connectivity index (χ1) is 9.33. The molecule has 0 atom stereocenters. The maximum absolute atomic E-state index is 12.0. The number of alkyl halides is 3. The highest BCUT2D eigenvalue weighted by Crippen LogP contribution is 2.25. The summed E-state index contributed by atoms with van der Waals surface area (Å²) in [5, 5.41) is 2.56. The van der Waals surface area contributed by atoms with E-state index < -0.39 is 18.7 Å². The van der Waals surface area contributed by atoms with Gasteiger partial charge in [0.15, 0.2) is 6.61 Å². The Kier molecular flexibility index (Phi) is 5.63. The van der Waals surface area contributed by atoms with Crippen molar-refractivity contribution in [3.63, 3.8) is 0 Å². The van der Waals surface area contributed by atoms with E-state index >= 15 is 0 Å². The molecule has 8 heteroatoms. The van der Waals surface area contributed by atoms with E-state index in [1.165, 1.54) is 25.3 Å². The predicted octanol–water partition coefficient (Wildman–Crippen LogP) is 1.59. The molecule has 0 unspecified atom stereocenters. The predicted molar refractivity (Wildman–Crippen MR) is 66.6 cm³/mol. The van der Waals surface area contributed by atoms with E-state index in [-0.39, 0.29) is 17.0 Å². The third kappa shape index (κ3) is 5.35. The van der Waals surface area contributed by atoms with Crippen molar-refractivity contribution in [1.82, 2.24) is 5.32 Å². The lowest BCUT2D eigenvalue weighted by atomic mass is 10.1. The van der Waals surface area contributed by atoms with Crippen molar-refractivity contribution in [1.29, 1.82) is 0 Å². The SMILES string of the molecule is COCCNC(=O)c1ccc(OCC(F)(F)F)c(N)c1. The molecule has 0 spiro atoms.